The summed E-state index contributed by atoms with van der Waals surface area (Å²) in [5.74, 6) is -1.10. The number of carbonyl (C=O) groups is 1. The van der Waals surface area contributed by atoms with Gasteiger partial charge in [0.2, 0.25) is 0 Å². The highest BCUT2D eigenvalue weighted by Gasteiger charge is 2.16. The standard InChI is InChI=1S/C14H14N2O3/c1-8-4-5-10(9(2)6-8)12-11(13(17)18)7-16(3)14(19)15-12/h4-7H,1-3H3,(H,17,18). The Morgan fingerprint density at radius 1 is 1.32 bits per heavy atom. The van der Waals surface area contributed by atoms with Crippen molar-refractivity contribution in [1.82, 2.24) is 9.55 Å². The van der Waals surface area contributed by atoms with Crippen molar-refractivity contribution >= 4 is 5.97 Å². The molecule has 0 amide bonds. The average Bonchev–Trinajstić information content (AvgIpc) is 2.32. The van der Waals surface area contributed by atoms with Crippen molar-refractivity contribution in [2.45, 2.75) is 13.8 Å². The lowest BCUT2D eigenvalue weighted by molar-refractivity contribution is 0.0696. The first-order valence-corrected chi connectivity index (χ1v) is 5.78. The normalized spacial score (nSPS) is 10.5. The Balaban J connectivity index is 2.77. The largest absolute Gasteiger partial charge is 0.478 e. The van der Waals surface area contributed by atoms with E-state index in [2.05, 4.69) is 4.98 Å². The second-order valence-electron chi connectivity index (χ2n) is 4.52. The zero-order valence-electron chi connectivity index (χ0n) is 11.0. The van der Waals surface area contributed by atoms with Gasteiger partial charge >= 0.3 is 11.7 Å². The summed E-state index contributed by atoms with van der Waals surface area (Å²) in [6, 6.07) is 5.59. The first-order valence-electron chi connectivity index (χ1n) is 5.78. The Kier molecular flexibility index (Phi) is 3.21. The van der Waals surface area contributed by atoms with Crippen LogP contribution in [0, 0.1) is 13.8 Å². The molecule has 0 aliphatic rings. The van der Waals surface area contributed by atoms with E-state index in [0.717, 1.165) is 15.7 Å². The SMILES string of the molecule is Cc1ccc(-c2nc(=O)n(C)cc2C(=O)O)c(C)c1. The van der Waals surface area contributed by atoms with Crippen LogP contribution in [0.3, 0.4) is 0 Å². The molecule has 0 saturated heterocycles. The Morgan fingerprint density at radius 2 is 2.00 bits per heavy atom. The number of aromatic nitrogens is 2. The molecule has 0 aliphatic carbocycles. The van der Waals surface area contributed by atoms with E-state index in [1.54, 1.807) is 6.07 Å². The lowest BCUT2D eigenvalue weighted by Crippen LogP contribution is -2.23. The van der Waals surface area contributed by atoms with Crippen molar-refractivity contribution in [1.29, 1.82) is 0 Å². The van der Waals surface area contributed by atoms with E-state index in [4.69, 9.17) is 0 Å². The summed E-state index contributed by atoms with van der Waals surface area (Å²) in [6.07, 6.45) is 1.30. The number of hydrogen-bond donors (Lipinski definition) is 1. The molecule has 0 saturated carbocycles. The minimum Gasteiger partial charge on any atom is -0.478 e. The second kappa shape index (κ2) is 4.68. The molecule has 2 rings (SSSR count). The maximum atomic E-state index is 11.6. The highest BCUT2D eigenvalue weighted by Crippen LogP contribution is 2.24. The van der Waals surface area contributed by atoms with Gasteiger partial charge in [-0.05, 0) is 19.4 Å². The summed E-state index contributed by atoms with van der Waals surface area (Å²) in [5.41, 5.74) is 2.40. The average molecular weight is 258 g/mol. The first-order chi connectivity index (χ1) is 8.90. The number of carboxylic acids is 1. The summed E-state index contributed by atoms with van der Waals surface area (Å²) < 4.78 is 1.16. The van der Waals surface area contributed by atoms with E-state index < -0.39 is 11.7 Å². The van der Waals surface area contributed by atoms with Gasteiger partial charge in [-0.1, -0.05) is 23.8 Å². The number of rotatable bonds is 2. The number of benzene rings is 1. The molecule has 1 aromatic carbocycles. The van der Waals surface area contributed by atoms with Crippen LogP contribution in [0.2, 0.25) is 0 Å². The summed E-state index contributed by atoms with van der Waals surface area (Å²) in [4.78, 5) is 26.8. The minimum absolute atomic E-state index is 0.0223. The molecule has 0 aliphatic heterocycles. The smallest absolute Gasteiger partial charge is 0.347 e. The number of hydrogen-bond acceptors (Lipinski definition) is 3. The van der Waals surface area contributed by atoms with Gasteiger partial charge in [-0.3, -0.25) is 0 Å². The molecule has 98 valence electrons. The Bertz CT molecular complexity index is 717. The van der Waals surface area contributed by atoms with Crippen LogP contribution in [0.25, 0.3) is 11.3 Å². The summed E-state index contributed by atoms with van der Waals surface area (Å²) in [7, 11) is 1.48. The predicted octanol–water partition coefficient (Wildman–Crippen LogP) is 1.76. The van der Waals surface area contributed by atoms with Crippen molar-refractivity contribution in [2.24, 2.45) is 7.05 Å². The highest BCUT2D eigenvalue weighted by atomic mass is 16.4. The van der Waals surface area contributed by atoms with E-state index in [0.29, 0.717) is 5.56 Å². The van der Waals surface area contributed by atoms with Crippen LogP contribution >= 0.6 is 0 Å². The predicted molar refractivity (Wildman–Crippen MR) is 71.3 cm³/mol. The van der Waals surface area contributed by atoms with E-state index in [1.165, 1.54) is 13.2 Å². The van der Waals surface area contributed by atoms with Gasteiger partial charge in [-0.2, -0.15) is 4.98 Å². The molecule has 0 radical (unpaired) electrons. The maximum Gasteiger partial charge on any atom is 0.347 e. The van der Waals surface area contributed by atoms with Crippen LogP contribution < -0.4 is 5.69 Å². The fourth-order valence-corrected chi connectivity index (χ4v) is 1.99. The van der Waals surface area contributed by atoms with Crippen LogP contribution in [0.4, 0.5) is 0 Å². The fourth-order valence-electron chi connectivity index (χ4n) is 1.99. The molecule has 19 heavy (non-hydrogen) atoms. The quantitative estimate of drug-likeness (QED) is 0.890. The second-order valence-corrected chi connectivity index (χ2v) is 4.52. The molecule has 0 spiro atoms. The third-order valence-electron chi connectivity index (χ3n) is 2.95. The van der Waals surface area contributed by atoms with E-state index in [9.17, 15) is 14.7 Å². The highest BCUT2D eigenvalue weighted by molar-refractivity contribution is 5.94. The van der Waals surface area contributed by atoms with Crippen molar-refractivity contribution in [3.63, 3.8) is 0 Å². The van der Waals surface area contributed by atoms with E-state index >= 15 is 0 Å². The van der Waals surface area contributed by atoms with Gasteiger partial charge in [0, 0.05) is 18.8 Å². The van der Waals surface area contributed by atoms with Crippen LogP contribution in [-0.2, 0) is 7.05 Å². The molecule has 2 aromatic rings. The molecule has 1 heterocycles. The summed E-state index contributed by atoms with van der Waals surface area (Å²) in [5, 5.41) is 9.23. The molecule has 0 bridgehead atoms. The van der Waals surface area contributed by atoms with Crippen LogP contribution in [0.15, 0.2) is 29.2 Å². The van der Waals surface area contributed by atoms with Gasteiger partial charge in [0.1, 0.15) is 5.56 Å². The third-order valence-corrected chi connectivity index (χ3v) is 2.95. The van der Waals surface area contributed by atoms with Crippen molar-refractivity contribution < 1.29 is 9.90 Å². The molecular formula is C14H14N2O3. The Labute approximate surface area is 110 Å². The summed E-state index contributed by atoms with van der Waals surface area (Å²) >= 11 is 0. The zero-order chi connectivity index (χ0) is 14.2. The van der Waals surface area contributed by atoms with Crippen molar-refractivity contribution in [3.05, 3.63) is 51.6 Å². The van der Waals surface area contributed by atoms with E-state index in [-0.39, 0.29) is 11.3 Å². The van der Waals surface area contributed by atoms with Gasteiger partial charge in [0.25, 0.3) is 0 Å². The molecule has 1 N–H and O–H groups in total. The number of nitrogens with zero attached hydrogens (tertiary/aromatic N) is 2. The van der Waals surface area contributed by atoms with Gasteiger partial charge < -0.3 is 9.67 Å². The Morgan fingerprint density at radius 3 is 2.58 bits per heavy atom. The van der Waals surface area contributed by atoms with Gasteiger partial charge in [-0.15, -0.1) is 0 Å². The molecule has 1 aromatic heterocycles. The monoisotopic (exact) mass is 258 g/mol. The minimum atomic E-state index is -1.10. The number of aryl methyl sites for hydroxylation is 3. The third kappa shape index (κ3) is 2.40. The van der Waals surface area contributed by atoms with Crippen LogP contribution in [0.1, 0.15) is 21.5 Å². The van der Waals surface area contributed by atoms with Gasteiger partial charge in [0.05, 0.1) is 5.69 Å². The summed E-state index contributed by atoms with van der Waals surface area (Å²) in [6.45, 7) is 3.82. The van der Waals surface area contributed by atoms with E-state index in [1.807, 2.05) is 26.0 Å². The fraction of sp³-hybridized carbons (Fsp3) is 0.214. The van der Waals surface area contributed by atoms with Crippen molar-refractivity contribution in [2.75, 3.05) is 0 Å². The maximum absolute atomic E-state index is 11.6. The van der Waals surface area contributed by atoms with Crippen molar-refractivity contribution in [3.8, 4) is 11.3 Å². The van der Waals surface area contributed by atoms with Gasteiger partial charge in [-0.25, -0.2) is 9.59 Å². The first kappa shape index (κ1) is 13.0. The topological polar surface area (TPSA) is 72.2 Å². The molecular weight excluding hydrogens is 244 g/mol. The molecule has 0 fully saturated rings. The molecule has 0 unspecified atom stereocenters. The van der Waals surface area contributed by atoms with Crippen LogP contribution in [0.5, 0.6) is 0 Å². The zero-order valence-corrected chi connectivity index (χ0v) is 11.0. The van der Waals surface area contributed by atoms with Gasteiger partial charge in [0.15, 0.2) is 0 Å². The molecule has 0 atom stereocenters. The molecule has 5 nitrogen and oxygen atoms in total. The number of carboxylic acid groups (broad SMARTS) is 1. The lowest BCUT2D eigenvalue weighted by atomic mass is 10.00. The Hall–Kier alpha value is -2.43. The van der Waals surface area contributed by atoms with Crippen LogP contribution in [-0.4, -0.2) is 20.6 Å². The lowest BCUT2D eigenvalue weighted by Gasteiger charge is -2.10. The number of aromatic carboxylic acids is 1. The molecule has 5 heteroatoms.